The third-order valence-electron chi connectivity index (χ3n) is 5.43. The summed E-state index contributed by atoms with van der Waals surface area (Å²) in [5.41, 5.74) is 6.49. The Morgan fingerprint density at radius 2 is 2.04 bits per heavy atom. The van der Waals surface area contributed by atoms with Gasteiger partial charge in [0.2, 0.25) is 5.91 Å². The first-order valence-electron chi connectivity index (χ1n) is 9.16. The summed E-state index contributed by atoms with van der Waals surface area (Å²) < 4.78 is 5.84. The fourth-order valence-electron chi connectivity index (χ4n) is 4.18. The molecular weight excluding hydrogens is 318 g/mol. The van der Waals surface area contributed by atoms with Gasteiger partial charge in [-0.1, -0.05) is 13.8 Å². The number of carbonyl (C=O) groups is 2. The Bertz CT molecular complexity index is 657. The molecule has 1 unspecified atom stereocenters. The number of furan rings is 1. The van der Waals surface area contributed by atoms with Gasteiger partial charge in [0.05, 0.1) is 6.04 Å². The van der Waals surface area contributed by atoms with Gasteiger partial charge in [0, 0.05) is 31.5 Å². The van der Waals surface area contributed by atoms with Gasteiger partial charge in [0.15, 0.2) is 0 Å². The van der Waals surface area contributed by atoms with Crippen LogP contribution in [-0.2, 0) is 11.2 Å². The molecule has 1 aliphatic heterocycles. The van der Waals surface area contributed by atoms with Gasteiger partial charge >= 0.3 is 6.03 Å². The molecule has 1 atom stereocenters. The first-order valence-corrected chi connectivity index (χ1v) is 9.16. The molecule has 25 heavy (non-hydrogen) atoms. The lowest BCUT2D eigenvalue weighted by Gasteiger charge is -2.37. The minimum Gasteiger partial charge on any atom is -0.466 e. The predicted octanol–water partition coefficient (Wildman–Crippen LogP) is 2.90. The molecule has 2 heterocycles. The number of amides is 3. The van der Waals surface area contributed by atoms with E-state index in [-0.39, 0.29) is 23.4 Å². The van der Waals surface area contributed by atoms with Crippen LogP contribution in [0.2, 0.25) is 0 Å². The van der Waals surface area contributed by atoms with Gasteiger partial charge in [0.1, 0.15) is 11.5 Å². The molecule has 0 bridgehead atoms. The minimum atomic E-state index is -0.254. The summed E-state index contributed by atoms with van der Waals surface area (Å²) in [6.07, 6.45) is 3.90. The number of nitrogens with two attached hydrogens (primary N) is 1. The number of carbonyl (C=O) groups excluding carboxylic acids is 2. The minimum absolute atomic E-state index is 0.00737. The maximum atomic E-state index is 12.7. The van der Waals surface area contributed by atoms with Crippen molar-refractivity contribution in [2.75, 3.05) is 13.1 Å². The Kier molecular flexibility index (Phi) is 4.80. The van der Waals surface area contributed by atoms with Crippen molar-refractivity contribution in [3.05, 3.63) is 23.2 Å². The number of hydrogen-bond donors (Lipinski definition) is 2. The highest BCUT2D eigenvalue weighted by Gasteiger charge is 2.36. The van der Waals surface area contributed by atoms with E-state index in [2.05, 4.69) is 25.2 Å². The molecule has 6 nitrogen and oxygen atoms in total. The molecule has 1 aliphatic carbocycles. The zero-order chi connectivity index (χ0) is 18.2. The number of primary amides is 1. The molecule has 2 aliphatic rings. The van der Waals surface area contributed by atoms with Crippen molar-refractivity contribution in [1.82, 2.24) is 10.2 Å². The average molecular weight is 347 g/mol. The van der Waals surface area contributed by atoms with E-state index in [1.165, 1.54) is 0 Å². The van der Waals surface area contributed by atoms with E-state index < -0.39 is 0 Å². The Balaban J connectivity index is 1.62. The van der Waals surface area contributed by atoms with Crippen LogP contribution in [0.3, 0.4) is 0 Å². The lowest BCUT2D eigenvalue weighted by atomic mass is 9.75. The normalized spacial score (nSPS) is 23.2. The zero-order valence-electron chi connectivity index (χ0n) is 15.4. The molecule has 3 rings (SSSR count). The number of fused-ring (bicyclic) bond motifs is 1. The lowest BCUT2D eigenvalue weighted by molar-refractivity contribution is -0.119. The van der Waals surface area contributed by atoms with Gasteiger partial charge in [0.25, 0.3) is 0 Å². The molecule has 138 valence electrons. The Morgan fingerprint density at radius 1 is 1.36 bits per heavy atom. The summed E-state index contributed by atoms with van der Waals surface area (Å²) in [6, 6.07) is 2.02. The summed E-state index contributed by atoms with van der Waals surface area (Å²) in [5, 5.41) is 3.20. The number of urea groups is 1. The molecule has 0 aromatic carbocycles. The molecule has 1 fully saturated rings. The van der Waals surface area contributed by atoms with Gasteiger partial charge < -0.3 is 20.4 Å². The number of hydrogen-bond acceptors (Lipinski definition) is 3. The number of nitrogens with one attached hydrogen (secondary N) is 1. The van der Waals surface area contributed by atoms with Crippen molar-refractivity contribution in [3.8, 4) is 0 Å². The molecule has 1 aromatic heterocycles. The molecule has 3 amide bonds. The van der Waals surface area contributed by atoms with Crippen LogP contribution in [-0.4, -0.2) is 29.9 Å². The van der Waals surface area contributed by atoms with Crippen LogP contribution in [0.5, 0.6) is 0 Å². The lowest BCUT2D eigenvalue weighted by Crippen LogP contribution is -2.47. The van der Waals surface area contributed by atoms with Crippen LogP contribution in [0.4, 0.5) is 4.79 Å². The van der Waals surface area contributed by atoms with Crippen LogP contribution >= 0.6 is 0 Å². The predicted molar refractivity (Wildman–Crippen MR) is 94.9 cm³/mol. The molecule has 1 aromatic rings. The third kappa shape index (κ3) is 4.17. The van der Waals surface area contributed by atoms with Gasteiger partial charge in [-0.25, -0.2) is 4.79 Å². The second kappa shape index (κ2) is 6.73. The highest BCUT2D eigenvalue weighted by molar-refractivity contribution is 5.75. The number of piperidine rings is 1. The maximum Gasteiger partial charge on any atom is 0.317 e. The highest BCUT2D eigenvalue weighted by atomic mass is 16.3. The van der Waals surface area contributed by atoms with Crippen LogP contribution in [0, 0.1) is 18.3 Å². The number of aryl methyl sites for hydroxylation is 1. The average Bonchev–Trinajstić information content (AvgIpc) is 2.86. The summed E-state index contributed by atoms with van der Waals surface area (Å²) in [6.45, 7) is 7.73. The Hall–Kier alpha value is -1.98. The first kappa shape index (κ1) is 17.8. The van der Waals surface area contributed by atoms with Crippen molar-refractivity contribution in [2.24, 2.45) is 17.1 Å². The SMILES string of the molecule is Cc1cc2c(o1)CC(C)(C)CC2NC(=O)N1CCC(CC(N)=O)CC1. The van der Waals surface area contributed by atoms with Crippen LogP contribution < -0.4 is 11.1 Å². The largest absolute Gasteiger partial charge is 0.466 e. The first-order chi connectivity index (χ1) is 11.7. The van der Waals surface area contributed by atoms with Crippen molar-refractivity contribution in [1.29, 1.82) is 0 Å². The van der Waals surface area contributed by atoms with E-state index in [1.807, 2.05) is 11.8 Å². The maximum absolute atomic E-state index is 12.7. The van der Waals surface area contributed by atoms with Crippen molar-refractivity contribution < 1.29 is 14.0 Å². The molecule has 1 saturated heterocycles. The molecule has 0 spiro atoms. The summed E-state index contributed by atoms with van der Waals surface area (Å²) in [4.78, 5) is 25.6. The monoisotopic (exact) mass is 347 g/mol. The Labute approximate surface area is 149 Å². The number of likely N-dealkylation sites (tertiary alicyclic amines) is 1. The molecule has 0 saturated carbocycles. The zero-order valence-corrected chi connectivity index (χ0v) is 15.4. The van der Waals surface area contributed by atoms with E-state index in [0.29, 0.717) is 25.4 Å². The number of nitrogens with zero attached hydrogens (tertiary/aromatic N) is 1. The molecular formula is C19H29N3O3. The fourth-order valence-corrected chi connectivity index (χ4v) is 4.18. The van der Waals surface area contributed by atoms with Gasteiger partial charge in [-0.05, 0) is 43.6 Å². The van der Waals surface area contributed by atoms with Crippen molar-refractivity contribution in [3.63, 3.8) is 0 Å². The van der Waals surface area contributed by atoms with Crippen LogP contribution in [0.1, 0.15) is 62.7 Å². The second-order valence-corrected chi connectivity index (χ2v) is 8.38. The summed E-state index contributed by atoms with van der Waals surface area (Å²) >= 11 is 0. The molecule has 0 radical (unpaired) electrons. The third-order valence-corrected chi connectivity index (χ3v) is 5.43. The van der Waals surface area contributed by atoms with Gasteiger partial charge in [-0.15, -0.1) is 0 Å². The van der Waals surface area contributed by atoms with Gasteiger partial charge in [-0.2, -0.15) is 0 Å². The standard InChI is InChI=1S/C19H29N3O3/c1-12-8-14-15(10-19(2,3)11-16(14)25-12)21-18(24)22-6-4-13(5-7-22)9-17(20)23/h8,13,15H,4-7,9-11H2,1-3H3,(H2,20,23)(H,21,24). The van der Waals surface area contributed by atoms with E-state index in [1.54, 1.807) is 0 Å². The van der Waals surface area contributed by atoms with Crippen molar-refractivity contribution in [2.45, 2.75) is 58.9 Å². The van der Waals surface area contributed by atoms with E-state index in [9.17, 15) is 9.59 Å². The van der Waals surface area contributed by atoms with E-state index in [4.69, 9.17) is 10.2 Å². The second-order valence-electron chi connectivity index (χ2n) is 8.38. The molecule has 6 heteroatoms. The fraction of sp³-hybridized carbons (Fsp3) is 0.684. The quantitative estimate of drug-likeness (QED) is 0.881. The van der Waals surface area contributed by atoms with E-state index in [0.717, 1.165) is 42.8 Å². The van der Waals surface area contributed by atoms with Crippen molar-refractivity contribution >= 4 is 11.9 Å². The summed E-state index contributed by atoms with van der Waals surface area (Å²) in [7, 11) is 0. The van der Waals surface area contributed by atoms with Crippen LogP contribution in [0.25, 0.3) is 0 Å². The summed E-state index contributed by atoms with van der Waals surface area (Å²) in [5.74, 6) is 1.95. The van der Waals surface area contributed by atoms with E-state index >= 15 is 0 Å². The Morgan fingerprint density at radius 3 is 2.68 bits per heavy atom. The molecule has 3 N–H and O–H groups in total. The van der Waals surface area contributed by atoms with Crippen LogP contribution in [0.15, 0.2) is 10.5 Å². The number of rotatable bonds is 3. The van der Waals surface area contributed by atoms with Gasteiger partial charge in [-0.3, -0.25) is 4.79 Å². The smallest absolute Gasteiger partial charge is 0.317 e. The topological polar surface area (TPSA) is 88.6 Å². The highest BCUT2D eigenvalue weighted by Crippen LogP contribution is 2.42.